The van der Waals surface area contributed by atoms with Gasteiger partial charge in [0.1, 0.15) is 5.60 Å². The number of ether oxygens (including phenoxy) is 1. The highest BCUT2D eigenvalue weighted by Gasteiger charge is 2.32. The Labute approximate surface area is 155 Å². The van der Waals surface area contributed by atoms with E-state index in [4.69, 9.17) is 4.74 Å². The Morgan fingerprint density at radius 1 is 1.35 bits per heavy atom. The number of benzene rings is 1. The number of nitrogens with zero attached hydrogens (tertiary/aromatic N) is 3. The molecule has 26 heavy (non-hydrogen) atoms. The van der Waals surface area contributed by atoms with Crippen LogP contribution in [0.2, 0.25) is 0 Å². The molecule has 0 saturated carbocycles. The van der Waals surface area contributed by atoms with Gasteiger partial charge in [0.2, 0.25) is 5.91 Å². The van der Waals surface area contributed by atoms with E-state index in [1.54, 1.807) is 22.9 Å². The number of nitriles is 1. The molecule has 0 unspecified atom stereocenters. The lowest BCUT2D eigenvalue weighted by molar-refractivity contribution is -0.136. The molecule has 1 saturated heterocycles. The number of piperidine rings is 1. The van der Waals surface area contributed by atoms with E-state index in [9.17, 15) is 14.9 Å². The van der Waals surface area contributed by atoms with Gasteiger partial charge in [-0.25, -0.2) is 4.79 Å². The van der Waals surface area contributed by atoms with Crippen molar-refractivity contribution >= 4 is 12.0 Å². The molecule has 1 heterocycles. The molecule has 1 aromatic rings. The van der Waals surface area contributed by atoms with Gasteiger partial charge in [0.25, 0.3) is 0 Å². The maximum Gasteiger partial charge on any atom is 0.410 e. The number of amides is 2. The molecule has 1 aliphatic rings. The second-order valence-electron chi connectivity index (χ2n) is 7.73. The van der Waals surface area contributed by atoms with E-state index in [-0.39, 0.29) is 17.9 Å². The summed E-state index contributed by atoms with van der Waals surface area (Å²) in [7, 11) is 1.74. The molecule has 0 aliphatic carbocycles. The molecule has 6 nitrogen and oxygen atoms in total. The van der Waals surface area contributed by atoms with E-state index in [1.807, 2.05) is 39.0 Å². The zero-order valence-electron chi connectivity index (χ0n) is 16.0. The van der Waals surface area contributed by atoms with Gasteiger partial charge in [0, 0.05) is 26.7 Å². The van der Waals surface area contributed by atoms with Gasteiger partial charge in [-0.05, 0) is 45.2 Å². The monoisotopic (exact) mass is 357 g/mol. The van der Waals surface area contributed by atoms with Gasteiger partial charge in [-0.2, -0.15) is 5.26 Å². The average Bonchev–Trinajstić information content (AvgIpc) is 2.60. The average molecular weight is 357 g/mol. The van der Waals surface area contributed by atoms with Crippen molar-refractivity contribution < 1.29 is 14.3 Å². The predicted octanol–water partition coefficient (Wildman–Crippen LogP) is 3.16. The minimum absolute atomic E-state index is 0.00833. The summed E-state index contributed by atoms with van der Waals surface area (Å²) in [6.45, 7) is 6.86. The molecule has 140 valence electrons. The first-order valence-corrected chi connectivity index (χ1v) is 8.92. The molecular formula is C20H27N3O3. The highest BCUT2D eigenvalue weighted by atomic mass is 16.6. The fraction of sp³-hybridized carbons (Fsp3) is 0.550. The maximum absolute atomic E-state index is 12.8. The molecule has 0 bridgehead atoms. The Hall–Kier alpha value is -2.55. The lowest BCUT2D eigenvalue weighted by Crippen LogP contribution is -2.47. The first kappa shape index (κ1) is 19.8. The second kappa shape index (κ2) is 8.22. The van der Waals surface area contributed by atoms with E-state index >= 15 is 0 Å². The summed E-state index contributed by atoms with van der Waals surface area (Å²) in [5.41, 5.74) is 0.850. The van der Waals surface area contributed by atoms with Crippen molar-refractivity contribution in [3.8, 4) is 6.07 Å². The first-order chi connectivity index (χ1) is 12.2. The molecule has 0 N–H and O–H groups in total. The summed E-state index contributed by atoms with van der Waals surface area (Å²) < 4.78 is 5.42. The fourth-order valence-corrected chi connectivity index (χ4v) is 3.08. The van der Waals surface area contributed by atoms with Gasteiger partial charge in [-0.1, -0.05) is 18.2 Å². The minimum Gasteiger partial charge on any atom is -0.444 e. The van der Waals surface area contributed by atoms with Crippen molar-refractivity contribution in [3.05, 3.63) is 35.4 Å². The molecule has 1 fully saturated rings. The van der Waals surface area contributed by atoms with Crippen molar-refractivity contribution in [1.29, 1.82) is 5.26 Å². The third kappa shape index (κ3) is 5.22. The highest BCUT2D eigenvalue weighted by molar-refractivity contribution is 5.80. The molecule has 0 spiro atoms. The van der Waals surface area contributed by atoms with Crippen LogP contribution in [0.5, 0.6) is 0 Å². The van der Waals surface area contributed by atoms with Crippen LogP contribution < -0.4 is 0 Å². The van der Waals surface area contributed by atoms with Crippen LogP contribution in [-0.4, -0.2) is 47.5 Å². The van der Waals surface area contributed by atoms with Crippen LogP contribution in [0.1, 0.15) is 44.7 Å². The summed E-state index contributed by atoms with van der Waals surface area (Å²) >= 11 is 0. The lowest BCUT2D eigenvalue weighted by Gasteiger charge is -2.35. The highest BCUT2D eigenvalue weighted by Crippen LogP contribution is 2.22. The topological polar surface area (TPSA) is 73.6 Å². The molecule has 1 atom stereocenters. The van der Waals surface area contributed by atoms with E-state index in [0.29, 0.717) is 25.2 Å². The smallest absolute Gasteiger partial charge is 0.410 e. The molecule has 2 rings (SSSR count). The van der Waals surface area contributed by atoms with Crippen LogP contribution in [-0.2, 0) is 16.1 Å². The lowest BCUT2D eigenvalue weighted by atomic mass is 9.96. The van der Waals surface area contributed by atoms with E-state index in [2.05, 4.69) is 6.07 Å². The maximum atomic E-state index is 12.8. The molecule has 2 amide bonds. The number of hydrogen-bond donors (Lipinski definition) is 0. The number of rotatable bonds is 3. The van der Waals surface area contributed by atoms with Crippen molar-refractivity contribution in [3.63, 3.8) is 0 Å². The number of likely N-dealkylation sites (tertiary alicyclic amines) is 1. The summed E-state index contributed by atoms with van der Waals surface area (Å²) in [4.78, 5) is 28.3. The SMILES string of the molecule is CN(Cc1ccccc1C#N)C(=O)[C@H]1CCCN(C(=O)OC(C)(C)C)C1. The largest absolute Gasteiger partial charge is 0.444 e. The number of hydrogen-bond acceptors (Lipinski definition) is 4. The Morgan fingerprint density at radius 3 is 2.69 bits per heavy atom. The van der Waals surface area contributed by atoms with Crippen molar-refractivity contribution in [2.75, 3.05) is 20.1 Å². The predicted molar refractivity (Wildman–Crippen MR) is 98.2 cm³/mol. The summed E-state index contributed by atoms with van der Waals surface area (Å²) in [6, 6.07) is 9.43. The first-order valence-electron chi connectivity index (χ1n) is 8.92. The van der Waals surface area contributed by atoms with Crippen molar-refractivity contribution in [1.82, 2.24) is 9.80 Å². The van der Waals surface area contributed by atoms with Crippen molar-refractivity contribution in [2.24, 2.45) is 5.92 Å². The summed E-state index contributed by atoms with van der Waals surface area (Å²) in [5.74, 6) is -0.249. The van der Waals surface area contributed by atoms with Crippen LogP contribution in [0.15, 0.2) is 24.3 Å². The van der Waals surface area contributed by atoms with Gasteiger partial charge in [0.05, 0.1) is 17.6 Å². The quantitative estimate of drug-likeness (QED) is 0.833. The molecule has 0 aromatic heterocycles. The van der Waals surface area contributed by atoms with Gasteiger partial charge in [-0.3, -0.25) is 4.79 Å². The third-order valence-electron chi connectivity index (χ3n) is 4.34. The Balaban J connectivity index is 2.00. The van der Waals surface area contributed by atoms with Crippen molar-refractivity contribution in [2.45, 2.75) is 45.8 Å². The standard InChI is InChI=1S/C20H27N3O3/c1-20(2,3)26-19(25)23-11-7-10-17(14-23)18(24)22(4)13-16-9-6-5-8-15(16)12-21/h5-6,8-9,17H,7,10-11,13-14H2,1-4H3/t17-/m0/s1. The van der Waals surface area contributed by atoms with Crippen LogP contribution >= 0.6 is 0 Å². The number of carbonyl (C=O) groups excluding carboxylic acids is 2. The van der Waals surface area contributed by atoms with Gasteiger partial charge in [0.15, 0.2) is 0 Å². The molecule has 6 heteroatoms. The normalized spacial score (nSPS) is 17.3. The Kier molecular flexibility index (Phi) is 6.25. The van der Waals surface area contributed by atoms with E-state index in [1.165, 1.54) is 0 Å². The van der Waals surface area contributed by atoms with E-state index < -0.39 is 5.60 Å². The van der Waals surface area contributed by atoms with Crippen LogP contribution in [0.25, 0.3) is 0 Å². The zero-order valence-corrected chi connectivity index (χ0v) is 16.0. The Bertz CT molecular complexity index is 703. The zero-order chi connectivity index (χ0) is 19.3. The molecule has 0 radical (unpaired) electrons. The molecule has 1 aromatic carbocycles. The van der Waals surface area contributed by atoms with Gasteiger partial charge in [-0.15, -0.1) is 0 Å². The summed E-state index contributed by atoms with van der Waals surface area (Å²) in [5, 5.41) is 9.20. The number of carbonyl (C=O) groups is 2. The van der Waals surface area contributed by atoms with Crippen LogP contribution in [0.3, 0.4) is 0 Å². The molecule has 1 aliphatic heterocycles. The molecular weight excluding hydrogens is 330 g/mol. The van der Waals surface area contributed by atoms with Gasteiger partial charge < -0.3 is 14.5 Å². The van der Waals surface area contributed by atoms with Crippen LogP contribution in [0, 0.1) is 17.2 Å². The summed E-state index contributed by atoms with van der Waals surface area (Å²) in [6.07, 6.45) is 1.16. The second-order valence-corrected chi connectivity index (χ2v) is 7.73. The minimum atomic E-state index is -0.550. The Morgan fingerprint density at radius 2 is 2.04 bits per heavy atom. The third-order valence-corrected chi connectivity index (χ3v) is 4.34. The van der Waals surface area contributed by atoms with Gasteiger partial charge >= 0.3 is 6.09 Å². The fourth-order valence-electron chi connectivity index (χ4n) is 3.08. The van der Waals surface area contributed by atoms with Crippen LogP contribution in [0.4, 0.5) is 4.79 Å². The van der Waals surface area contributed by atoms with E-state index in [0.717, 1.165) is 18.4 Å².